The van der Waals surface area contributed by atoms with Gasteiger partial charge >= 0.3 is 5.97 Å². The second-order valence-electron chi connectivity index (χ2n) is 5.63. The average molecular weight is 265 g/mol. The highest BCUT2D eigenvalue weighted by molar-refractivity contribution is 5.72. The Hall–Kier alpha value is -1.39. The first-order chi connectivity index (χ1) is 8.87. The Bertz CT molecular complexity index is 384. The van der Waals surface area contributed by atoms with Gasteiger partial charge in [0.15, 0.2) is 0 Å². The van der Waals surface area contributed by atoms with Crippen molar-refractivity contribution in [1.29, 1.82) is 0 Å². The summed E-state index contributed by atoms with van der Waals surface area (Å²) >= 11 is 0. The summed E-state index contributed by atoms with van der Waals surface area (Å²) in [6.45, 7) is 6.47. The van der Waals surface area contributed by atoms with E-state index >= 15 is 0 Å². The zero-order valence-corrected chi connectivity index (χ0v) is 11.8. The van der Waals surface area contributed by atoms with Gasteiger partial charge in [0.2, 0.25) is 0 Å². The minimum Gasteiger partial charge on any atom is -0.463 e. The smallest absolute Gasteiger partial charge is 0.310 e. The van der Waals surface area contributed by atoms with Crippen LogP contribution in [-0.2, 0) is 16.0 Å². The van der Waals surface area contributed by atoms with Crippen molar-refractivity contribution in [3.63, 3.8) is 0 Å². The van der Waals surface area contributed by atoms with Gasteiger partial charge in [-0.15, -0.1) is 0 Å². The maximum Gasteiger partial charge on any atom is 0.310 e. The number of ether oxygens (including phenoxy) is 1. The third-order valence-corrected chi connectivity index (χ3v) is 2.50. The first kappa shape index (κ1) is 15.7. The Labute approximate surface area is 114 Å². The molecule has 0 fully saturated rings. The maximum atomic E-state index is 11.6. The summed E-state index contributed by atoms with van der Waals surface area (Å²) in [7, 11) is 0. The molecule has 0 spiro atoms. The van der Waals surface area contributed by atoms with Gasteiger partial charge in [-0.25, -0.2) is 0 Å². The van der Waals surface area contributed by atoms with Gasteiger partial charge in [-0.2, -0.15) is 0 Å². The van der Waals surface area contributed by atoms with E-state index < -0.39 is 6.10 Å². The van der Waals surface area contributed by atoms with E-state index in [9.17, 15) is 9.90 Å². The van der Waals surface area contributed by atoms with Crippen LogP contribution < -0.4 is 5.32 Å². The Morgan fingerprint density at radius 3 is 2.53 bits per heavy atom. The lowest BCUT2D eigenvalue weighted by atomic mass is 10.1. The molecule has 0 saturated carbocycles. The number of hydrogen-bond donors (Lipinski definition) is 2. The monoisotopic (exact) mass is 265 g/mol. The highest BCUT2D eigenvalue weighted by atomic mass is 16.5. The zero-order chi connectivity index (χ0) is 14.3. The number of aliphatic hydroxyl groups excluding tert-OH is 1. The third-order valence-electron chi connectivity index (χ3n) is 2.50. The number of benzene rings is 1. The molecule has 2 N–H and O–H groups in total. The summed E-state index contributed by atoms with van der Waals surface area (Å²) in [5.41, 5.74) is 0.851. The molecule has 106 valence electrons. The zero-order valence-electron chi connectivity index (χ0n) is 11.8. The molecule has 0 amide bonds. The van der Waals surface area contributed by atoms with Gasteiger partial charge in [-0.3, -0.25) is 4.79 Å². The van der Waals surface area contributed by atoms with E-state index in [1.165, 1.54) is 0 Å². The molecule has 0 bridgehead atoms. The van der Waals surface area contributed by atoms with Crippen molar-refractivity contribution in [2.45, 2.75) is 38.8 Å². The molecule has 1 aromatic rings. The number of carbonyl (C=O) groups is 1. The number of β-amino-alcohol motifs (C(OH)–C–C–N with tert-alkyl or cyclic N) is 1. The van der Waals surface area contributed by atoms with Gasteiger partial charge in [0.1, 0.15) is 12.7 Å². The Kier molecular flexibility index (Phi) is 5.99. The molecule has 1 rings (SSSR count). The summed E-state index contributed by atoms with van der Waals surface area (Å²) in [5, 5.41) is 12.8. The second kappa shape index (κ2) is 7.26. The topological polar surface area (TPSA) is 58.6 Å². The predicted molar refractivity (Wildman–Crippen MR) is 74.9 cm³/mol. The van der Waals surface area contributed by atoms with Crippen LogP contribution in [0.3, 0.4) is 0 Å². The first-order valence-electron chi connectivity index (χ1n) is 6.49. The molecular formula is C15H23NO3. The van der Waals surface area contributed by atoms with Crippen LogP contribution in [0.5, 0.6) is 0 Å². The lowest BCUT2D eigenvalue weighted by molar-refractivity contribution is -0.145. The van der Waals surface area contributed by atoms with E-state index in [-0.39, 0.29) is 24.5 Å². The summed E-state index contributed by atoms with van der Waals surface area (Å²) in [6, 6.07) is 9.41. The fraction of sp³-hybridized carbons (Fsp3) is 0.533. The van der Waals surface area contributed by atoms with Gasteiger partial charge in [0.25, 0.3) is 0 Å². The molecule has 4 heteroatoms. The molecule has 0 unspecified atom stereocenters. The molecule has 0 saturated heterocycles. The van der Waals surface area contributed by atoms with E-state index in [0.29, 0.717) is 6.54 Å². The standard InChI is InChI=1S/C15H23NO3/c1-15(2,3)16-10-13(17)11-19-14(18)9-12-7-5-4-6-8-12/h4-8,13,16-17H,9-11H2,1-3H3/t13-/m1/s1. The lowest BCUT2D eigenvalue weighted by Crippen LogP contribution is -2.42. The average Bonchev–Trinajstić information content (AvgIpc) is 2.34. The highest BCUT2D eigenvalue weighted by Crippen LogP contribution is 2.02. The number of hydrogen-bond acceptors (Lipinski definition) is 4. The van der Waals surface area contributed by atoms with E-state index in [1.807, 2.05) is 51.1 Å². The van der Waals surface area contributed by atoms with Crippen molar-refractivity contribution in [3.05, 3.63) is 35.9 Å². The third kappa shape index (κ3) is 7.59. The molecule has 0 aromatic heterocycles. The number of rotatable bonds is 6. The van der Waals surface area contributed by atoms with Crippen LogP contribution >= 0.6 is 0 Å². The molecule has 0 radical (unpaired) electrons. The Morgan fingerprint density at radius 2 is 1.95 bits per heavy atom. The minimum absolute atomic E-state index is 0.0226. The van der Waals surface area contributed by atoms with Crippen LogP contribution in [0.4, 0.5) is 0 Å². The van der Waals surface area contributed by atoms with Crippen molar-refractivity contribution >= 4 is 5.97 Å². The molecule has 19 heavy (non-hydrogen) atoms. The molecule has 1 aromatic carbocycles. The highest BCUT2D eigenvalue weighted by Gasteiger charge is 2.13. The van der Waals surface area contributed by atoms with Gasteiger partial charge in [0.05, 0.1) is 6.42 Å². The normalized spacial score (nSPS) is 13.1. The number of esters is 1. The lowest BCUT2D eigenvalue weighted by Gasteiger charge is -2.22. The van der Waals surface area contributed by atoms with Crippen molar-refractivity contribution in [3.8, 4) is 0 Å². The Morgan fingerprint density at radius 1 is 1.32 bits per heavy atom. The fourth-order valence-corrected chi connectivity index (χ4v) is 1.49. The van der Waals surface area contributed by atoms with E-state index in [0.717, 1.165) is 5.56 Å². The van der Waals surface area contributed by atoms with Crippen LogP contribution in [0, 0.1) is 0 Å². The second-order valence-corrected chi connectivity index (χ2v) is 5.63. The first-order valence-corrected chi connectivity index (χ1v) is 6.49. The van der Waals surface area contributed by atoms with Crippen LogP contribution in [0.1, 0.15) is 26.3 Å². The summed E-state index contributed by atoms with van der Waals surface area (Å²) in [6.07, 6.45) is -0.445. The van der Waals surface area contributed by atoms with Crippen LogP contribution in [-0.4, -0.2) is 35.9 Å². The van der Waals surface area contributed by atoms with Gasteiger partial charge in [-0.05, 0) is 26.3 Å². The molecule has 0 heterocycles. The predicted octanol–water partition coefficient (Wildman–Crippen LogP) is 1.52. The summed E-state index contributed by atoms with van der Waals surface area (Å²) in [4.78, 5) is 11.6. The van der Waals surface area contributed by atoms with E-state index in [1.54, 1.807) is 0 Å². The van der Waals surface area contributed by atoms with Gasteiger partial charge in [0, 0.05) is 12.1 Å². The molecule has 0 aliphatic heterocycles. The number of aliphatic hydroxyl groups is 1. The van der Waals surface area contributed by atoms with Gasteiger partial charge < -0.3 is 15.2 Å². The minimum atomic E-state index is -0.682. The summed E-state index contributed by atoms with van der Waals surface area (Å²) < 4.78 is 5.04. The molecular weight excluding hydrogens is 242 g/mol. The van der Waals surface area contributed by atoms with Gasteiger partial charge in [-0.1, -0.05) is 30.3 Å². The van der Waals surface area contributed by atoms with Crippen molar-refractivity contribution in [2.24, 2.45) is 0 Å². The maximum absolute atomic E-state index is 11.6. The quantitative estimate of drug-likeness (QED) is 0.766. The van der Waals surface area contributed by atoms with E-state index in [4.69, 9.17) is 4.74 Å². The molecule has 4 nitrogen and oxygen atoms in total. The summed E-state index contributed by atoms with van der Waals surface area (Å²) in [5.74, 6) is -0.319. The fourth-order valence-electron chi connectivity index (χ4n) is 1.49. The van der Waals surface area contributed by atoms with Crippen molar-refractivity contribution in [1.82, 2.24) is 5.32 Å². The van der Waals surface area contributed by atoms with E-state index in [2.05, 4.69) is 5.32 Å². The van der Waals surface area contributed by atoms with Crippen LogP contribution in [0.2, 0.25) is 0 Å². The Balaban J connectivity index is 2.23. The largest absolute Gasteiger partial charge is 0.463 e. The number of carbonyl (C=O) groups excluding carboxylic acids is 1. The number of nitrogens with one attached hydrogen (secondary N) is 1. The van der Waals surface area contributed by atoms with Crippen molar-refractivity contribution < 1.29 is 14.6 Å². The molecule has 1 atom stereocenters. The SMILES string of the molecule is CC(C)(C)NC[C@@H](O)COC(=O)Cc1ccccc1. The van der Waals surface area contributed by atoms with Crippen molar-refractivity contribution in [2.75, 3.05) is 13.2 Å². The molecule has 0 aliphatic rings. The van der Waals surface area contributed by atoms with Crippen LogP contribution in [0.15, 0.2) is 30.3 Å². The molecule has 0 aliphatic carbocycles. The van der Waals surface area contributed by atoms with Crippen LogP contribution in [0.25, 0.3) is 0 Å².